The number of carbonyl (C=O) groups excluding carboxylic acids is 1. The maximum absolute atomic E-state index is 11.6. The fourth-order valence-electron chi connectivity index (χ4n) is 1.11. The summed E-state index contributed by atoms with van der Waals surface area (Å²) in [5.41, 5.74) is 0. The van der Waals surface area contributed by atoms with Crippen LogP contribution in [0.4, 0.5) is 0 Å². The minimum Gasteiger partial charge on any atom is -0.343 e. The van der Waals surface area contributed by atoms with E-state index in [4.69, 9.17) is 0 Å². The van der Waals surface area contributed by atoms with Gasteiger partial charge in [-0.2, -0.15) is 0 Å². The van der Waals surface area contributed by atoms with Crippen molar-refractivity contribution in [1.29, 1.82) is 0 Å². The van der Waals surface area contributed by atoms with Crippen molar-refractivity contribution in [2.24, 2.45) is 0 Å². The molecule has 13 heavy (non-hydrogen) atoms. The Morgan fingerprint density at radius 1 is 1.38 bits per heavy atom. The molecule has 0 fully saturated rings. The van der Waals surface area contributed by atoms with E-state index in [2.05, 4.69) is 5.32 Å². The van der Waals surface area contributed by atoms with Crippen LogP contribution in [0.15, 0.2) is 0 Å². The molecular formula is C10H22N2O. The lowest BCUT2D eigenvalue weighted by molar-refractivity contribution is -0.131. The molecular weight excluding hydrogens is 164 g/mol. The van der Waals surface area contributed by atoms with E-state index in [9.17, 15) is 4.79 Å². The second-order valence-corrected chi connectivity index (χ2v) is 3.76. The van der Waals surface area contributed by atoms with Crippen molar-refractivity contribution in [3.63, 3.8) is 0 Å². The minimum atomic E-state index is 0.212. The zero-order valence-corrected chi connectivity index (χ0v) is 9.42. The summed E-state index contributed by atoms with van der Waals surface area (Å²) in [6.07, 6.45) is 0.586. The van der Waals surface area contributed by atoms with Gasteiger partial charge in [0.15, 0.2) is 0 Å². The van der Waals surface area contributed by atoms with Crippen molar-refractivity contribution in [3.8, 4) is 0 Å². The smallest absolute Gasteiger partial charge is 0.224 e. The topological polar surface area (TPSA) is 32.3 Å². The summed E-state index contributed by atoms with van der Waals surface area (Å²) < 4.78 is 0. The van der Waals surface area contributed by atoms with Crippen LogP contribution in [0, 0.1) is 0 Å². The van der Waals surface area contributed by atoms with Crippen LogP contribution in [0.5, 0.6) is 0 Å². The molecule has 0 rings (SSSR count). The van der Waals surface area contributed by atoms with Crippen molar-refractivity contribution in [3.05, 3.63) is 0 Å². The minimum absolute atomic E-state index is 0.212. The Kier molecular flexibility index (Phi) is 5.71. The van der Waals surface area contributed by atoms with Crippen LogP contribution in [0.1, 0.15) is 34.1 Å². The number of carbonyl (C=O) groups is 1. The van der Waals surface area contributed by atoms with Gasteiger partial charge in [0.2, 0.25) is 5.91 Å². The van der Waals surface area contributed by atoms with Gasteiger partial charge in [0, 0.05) is 25.6 Å². The molecule has 3 nitrogen and oxygen atoms in total. The summed E-state index contributed by atoms with van der Waals surface area (Å²) in [6, 6.07) is 0.569. The molecule has 0 aromatic rings. The van der Waals surface area contributed by atoms with Crippen LogP contribution >= 0.6 is 0 Å². The number of rotatable bonds is 5. The first kappa shape index (κ1) is 12.4. The molecule has 0 aromatic heterocycles. The predicted octanol–water partition coefficient (Wildman–Crippen LogP) is 1.24. The molecule has 0 spiro atoms. The van der Waals surface area contributed by atoms with Crippen LogP contribution in [0.2, 0.25) is 0 Å². The highest BCUT2D eigenvalue weighted by atomic mass is 16.2. The lowest BCUT2D eigenvalue weighted by atomic mass is 10.2. The lowest BCUT2D eigenvalue weighted by Crippen LogP contribution is -2.38. The second kappa shape index (κ2) is 5.97. The Hall–Kier alpha value is -0.570. The Bertz CT molecular complexity index is 157. The van der Waals surface area contributed by atoms with Gasteiger partial charge in [-0.05, 0) is 27.3 Å². The predicted molar refractivity (Wildman–Crippen MR) is 55.7 cm³/mol. The number of nitrogens with zero attached hydrogens (tertiary/aromatic N) is 1. The molecule has 1 amide bonds. The van der Waals surface area contributed by atoms with Gasteiger partial charge in [-0.1, -0.05) is 6.92 Å². The SMILES string of the molecule is CCNC(C)CC(=O)N(C)C(C)C. The first-order valence-electron chi connectivity index (χ1n) is 4.98. The molecule has 0 aromatic carbocycles. The van der Waals surface area contributed by atoms with E-state index in [-0.39, 0.29) is 11.9 Å². The number of hydrogen-bond acceptors (Lipinski definition) is 2. The fourth-order valence-corrected chi connectivity index (χ4v) is 1.11. The fraction of sp³-hybridized carbons (Fsp3) is 0.900. The molecule has 1 atom stereocenters. The van der Waals surface area contributed by atoms with Crippen LogP contribution < -0.4 is 5.32 Å². The summed E-state index contributed by atoms with van der Waals surface area (Å²) in [5.74, 6) is 0.212. The molecule has 0 radical (unpaired) electrons. The van der Waals surface area contributed by atoms with Crippen LogP contribution in [0.3, 0.4) is 0 Å². The van der Waals surface area contributed by atoms with Crippen LogP contribution in [-0.4, -0.2) is 36.5 Å². The van der Waals surface area contributed by atoms with Gasteiger partial charge in [-0.25, -0.2) is 0 Å². The highest BCUT2D eigenvalue weighted by molar-refractivity contribution is 5.76. The highest BCUT2D eigenvalue weighted by Crippen LogP contribution is 2.00. The highest BCUT2D eigenvalue weighted by Gasteiger charge is 2.14. The van der Waals surface area contributed by atoms with Crippen molar-refractivity contribution in [2.75, 3.05) is 13.6 Å². The quantitative estimate of drug-likeness (QED) is 0.700. The first-order valence-corrected chi connectivity index (χ1v) is 4.98. The molecule has 1 N–H and O–H groups in total. The van der Waals surface area contributed by atoms with Gasteiger partial charge >= 0.3 is 0 Å². The van der Waals surface area contributed by atoms with E-state index in [0.29, 0.717) is 12.5 Å². The number of amides is 1. The van der Waals surface area contributed by atoms with Crippen molar-refractivity contribution in [1.82, 2.24) is 10.2 Å². The Morgan fingerprint density at radius 3 is 2.31 bits per heavy atom. The third-order valence-corrected chi connectivity index (χ3v) is 2.20. The summed E-state index contributed by atoms with van der Waals surface area (Å²) in [5, 5.41) is 3.22. The monoisotopic (exact) mass is 186 g/mol. The average molecular weight is 186 g/mol. The molecule has 0 saturated heterocycles. The molecule has 78 valence electrons. The van der Waals surface area contributed by atoms with E-state index >= 15 is 0 Å². The molecule has 0 heterocycles. The molecule has 0 aliphatic carbocycles. The molecule has 0 bridgehead atoms. The van der Waals surface area contributed by atoms with Gasteiger partial charge in [0.1, 0.15) is 0 Å². The van der Waals surface area contributed by atoms with Gasteiger partial charge < -0.3 is 10.2 Å². The van der Waals surface area contributed by atoms with Crippen molar-refractivity contribution in [2.45, 2.75) is 46.2 Å². The van der Waals surface area contributed by atoms with Gasteiger partial charge in [0.25, 0.3) is 0 Å². The number of hydrogen-bond donors (Lipinski definition) is 1. The standard InChI is InChI=1S/C10H22N2O/c1-6-11-9(4)7-10(13)12(5)8(2)3/h8-9,11H,6-7H2,1-5H3. The molecule has 1 unspecified atom stereocenters. The largest absolute Gasteiger partial charge is 0.343 e. The van der Waals surface area contributed by atoms with Gasteiger partial charge in [-0.15, -0.1) is 0 Å². The zero-order valence-electron chi connectivity index (χ0n) is 9.42. The van der Waals surface area contributed by atoms with E-state index in [0.717, 1.165) is 6.54 Å². The number of nitrogens with one attached hydrogen (secondary N) is 1. The summed E-state index contributed by atoms with van der Waals surface area (Å²) in [7, 11) is 1.85. The Balaban J connectivity index is 3.85. The second-order valence-electron chi connectivity index (χ2n) is 3.76. The third-order valence-electron chi connectivity index (χ3n) is 2.20. The maximum Gasteiger partial charge on any atom is 0.224 e. The van der Waals surface area contributed by atoms with E-state index in [1.54, 1.807) is 4.90 Å². The average Bonchev–Trinajstić information content (AvgIpc) is 2.03. The Morgan fingerprint density at radius 2 is 1.92 bits per heavy atom. The molecule has 0 saturated carbocycles. The van der Waals surface area contributed by atoms with Gasteiger partial charge in [-0.3, -0.25) is 4.79 Å². The summed E-state index contributed by atoms with van der Waals surface area (Å²) in [6.45, 7) is 9.05. The van der Waals surface area contributed by atoms with Gasteiger partial charge in [0.05, 0.1) is 0 Å². The van der Waals surface area contributed by atoms with E-state index < -0.39 is 0 Å². The molecule has 0 aliphatic rings. The summed E-state index contributed by atoms with van der Waals surface area (Å²) in [4.78, 5) is 13.3. The van der Waals surface area contributed by atoms with E-state index in [1.165, 1.54) is 0 Å². The first-order chi connectivity index (χ1) is 5.99. The molecule has 0 aliphatic heterocycles. The van der Waals surface area contributed by atoms with Crippen LogP contribution in [-0.2, 0) is 4.79 Å². The summed E-state index contributed by atoms with van der Waals surface area (Å²) >= 11 is 0. The van der Waals surface area contributed by atoms with Crippen molar-refractivity contribution < 1.29 is 4.79 Å². The maximum atomic E-state index is 11.6. The third kappa shape index (κ3) is 4.88. The lowest BCUT2D eigenvalue weighted by Gasteiger charge is -2.23. The normalized spacial score (nSPS) is 13.1. The Labute approximate surface area is 81.5 Å². The van der Waals surface area contributed by atoms with Crippen LogP contribution in [0.25, 0.3) is 0 Å². The van der Waals surface area contributed by atoms with E-state index in [1.807, 2.05) is 34.7 Å². The van der Waals surface area contributed by atoms with Crippen molar-refractivity contribution >= 4 is 5.91 Å². The molecule has 3 heteroatoms. The zero-order chi connectivity index (χ0) is 10.4.